The molecule has 1 aromatic carbocycles. The Bertz CT molecular complexity index is 355. The van der Waals surface area contributed by atoms with Crippen molar-refractivity contribution < 1.29 is 9.53 Å². The fourth-order valence-corrected chi connectivity index (χ4v) is 1.34. The molecule has 0 unspecified atom stereocenters. The minimum atomic E-state index is -0.550. The lowest BCUT2D eigenvalue weighted by Gasteiger charge is -2.09. The van der Waals surface area contributed by atoms with Crippen molar-refractivity contribution in [1.82, 2.24) is 5.32 Å². The lowest BCUT2D eigenvalue weighted by Crippen LogP contribution is -2.32. The van der Waals surface area contributed by atoms with Gasteiger partial charge in [-0.1, -0.05) is 11.6 Å². The van der Waals surface area contributed by atoms with Crippen molar-refractivity contribution in [3.8, 4) is 5.75 Å². The van der Waals surface area contributed by atoms with Crippen LogP contribution in [0.1, 0.15) is 5.56 Å². The number of urea groups is 1. The topological polar surface area (TPSA) is 64.3 Å². The standard InChI is InChI=1S/C10H13ClN2O2/c1-7-6-8(11)2-3-9(7)15-5-4-13-10(12)14/h2-3,6H,4-5H2,1H3,(H3,12,13,14). The number of amides is 2. The van der Waals surface area contributed by atoms with E-state index in [0.29, 0.717) is 18.2 Å². The SMILES string of the molecule is Cc1cc(Cl)ccc1OCCNC(N)=O. The van der Waals surface area contributed by atoms with Gasteiger partial charge in [0, 0.05) is 5.02 Å². The summed E-state index contributed by atoms with van der Waals surface area (Å²) in [6.07, 6.45) is 0. The van der Waals surface area contributed by atoms with Crippen LogP contribution in [0.2, 0.25) is 5.02 Å². The van der Waals surface area contributed by atoms with E-state index < -0.39 is 6.03 Å². The van der Waals surface area contributed by atoms with Crippen molar-refractivity contribution in [2.24, 2.45) is 5.73 Å². The zero-order valence-electron chi connectivity index (χ0n) is 8.42. The van der Waals surface area contributed by atoms with E-state index in [1.165, 1.54) is 0 Å². The third-order valence-corrected chi connectivity index (χ3v) is 2.03. The Hall–Kier alpha value is -1.42. The minimum absolute atomic E-state index is 0.380. The molecule has 0 aliphatic rings. The van der Waals surface area contributed by atoms with Crippen molar-refractivity contribution in [2.45, 2.75) is 6.92 Å². The van der Waals surface area contributed by atoms with Crippen molar-refractivity contribution in [3.63, 3.8) is 0 Å². The smallest absolute Gasteiger partial charge is 0.312 e. The van der Waals surface area contributed by atoms with Crippen LogP contribution >= 0.6 is 11.6 Å². The third kappa shape index (κ3) is 4.08. The maximum Gasteiger partial charge on any atom is 0.312 e. The van der Waals surface area contributed by atoms with Crippen LogP contribution in [0.15, 0.2) is 18.2 Å². The molecule has 5 heteroatoms. The van der Waals surface area contributed by atoms with Gasteiger partial charge in [-0.15, -0.1) is 0 Å². The van der Waals surface area contributed by atoms with Crippen LogP contribution in [0.4, 0.5) is 4.79 Å². The molecule has 0 heterocycles. The first kappa shape index (κ1) is 11.7. The maximum absolute atomic E-state index is 10.4. The molecule has 4 nitrogen and oxygen atoms in total. The van der Waals surface area contributed by atoms with E-state index in [1.54, 1.807) is 12.1 Å². The van der Waals surface area contributed by atoms with Crippen molar-refractivity contribution in [3.05, 3.63) is 28.8 Å². The monoisotopic (exact) mass is 228 g/mol. The number of halogens is 1. The fraction of sp³-hybridized carbons (Fsp3) is 0.300. The van der Waals surface area contributed by atoms with Crippen LogP contribution < -0.4 is 15.8 Å². The van der Waals surface area contributed by atoms with E-state index in [0.717, 1.165) is 11.3 Å². The van der Waals surface area contributed by atoms with E-state index >= 15 is 0 Å². The Balaban J connectivity index is 2.40. The number of nitrogens with two attached hydrogens (primary N) is 1. The molecule has 2 amide bonds. The molecule has 0 spiro atoms. The molecule has 0 fully saturated rings. The number of hydrogen-bond donors (Lipinski definition) is 2. The number of benzene rings is 1. The molecule has 82 valence electrons. The van der Waals surface area contributed by atoms with Gasteiger partial charge in [-0.05, 0) is 30.7 Å². The van der Waals surface area contributed by atoms with Crippen LogP contribution in [0.25, 0.3) is 0 Å². The highest BCUT2D eigenvalue weighted by Crippen LogP contribution is 2.21. The predicted octanol–water partition coefficient (Wildman–Crippen LogP) is 1.70. The highest BCUT2D eigenvalue weighted by Gasteiger charge is 2.00. The second-order valence-electron chi connectivity index (χ2n) is 3.05. The van der Waals surface area contributed by atoms with Crippen LogP contribution in [0, 0.1) is 6.92 Å². The molecule has 0 bridgehead atoms. The second kappa shape index (κ2) is 5.46. The molecule has 0 saturated carbocycles. The summed E-state index contributed by atoms with van der Waals surface area (Å²) in [4.78, 5) is 10.4. The zero-order chi connectivity index (χ0) is 11.3. The number of carbonyl (C=O) groups is 1. The summed E-state index contributed by atoms with van der Waals surface area (Å²) in [6, 6.07) is 4.82. The molecule has 0 aliphatic carbocycles. The lowest BCUT2D eigenvalue weighted by molar-refractivity contribution is 0.244. The van der Waals surface area contributed by atoms with Crippen molar-refractivity contribution in [1.29, 1.82) is 0 Å². The summed E-state index contributed by atoms with van der Waals surface area (Å²) in [6.45, 7) is 2.67. The first-order chi connectivity index (χ1) is 7.09. The van der Waals surface area contributed by atoms with Gasteiger partial charge in [0.15, 0.2) is 0 Å². The second-order valence-corrected chi connectivity index (χ2v) is 3.49. The number of hydrogen-bond acceptors (Lipinski definition) is 2. The summed E-state index contributed by atoms with van der Waals surface area (Å²) < 4.78 is 5.41. The number of carbonyl (C=O) groups excluding carboxylic acids is 1. The Morgan fingerprint density at radius 2 is 2.33 bits per heavy atom. The molecule has 0 radical (unpaired) electrons. The van der Waals surface area contributed by atoms with Crippen LogP contribution in [0.5, 0.6) is 5.75 Å². The summed E-state index contributed by atoms with van der Waals surface area (Å²) in [7, 11) is 0. The highest BCUT2D eigenvalue weighted by molar-refractivity contribution is 6.30. The fourth-order valence-electron chi connectivity index (χ4n) is 1.11. The van der Waals surface area contributed by atoms with Gasteiger partial charge in [0.05, 0.1) is 6.54 Å². The third-order valence-electron chi connectivity index (χ3n) is 1.80. The van der Waals surface area contributed by atoms with Crippen molar-refractivity contribution in [2.75, 3.05) is 13.2 Å². The van der Waals surface area contributed by atoms with Gasteiger partial charge in [-0.3, -0.25) is 0 Å². The Morgan fingerprint density at radius 1 is 1.60 bits per heavy atom. The molecule has 0 aliphatic heterocycles. The number of primary amides is 1. The van der Waals surface area contributed by atoms with Crippen LogP contribution in [-0.2, 0) is 0 Å². The molecule has 0 aromatic heterocycles. The van der Waals surface area contributed by atoms with E-state index in [9.17, 15) is 4.79 Å². The highest BCUT2D eigenvalue weighted by atomic mass is 35.5. The molecule has 1 rings (SSSR count). The molecular weight excluding hydrogens is 216 g/mol. The van der Waals surface area contributed by atoms with E-state index in [-0.39, 0.29) is 0 Å². The lowest BCUT2D eigenvalue weighted by atomic mass is 10.2. The summed E-state index contributed by atoms with van der Waals surface area (Å²) in [5.41, 5.74) is 5.86. The minimum Gasteiger partial charge on any atom is -0.491 e. The van der Waals surface area contributed by atoms with Crippen LogP contribution in [0.3, 0.4) is 0 Å². The van der Waals surface area contributed by atoms with Gasteiger partial charge in [-0.2, -0.15) is 0 Å². The average Bonchev–Trinajstić information content (AvgIpc) is 2.14. The molecule has 0 saturated heterocycles. The summed E-state index contributed by atoms with van der Waals surface area (Å²) in [5, 5.41) is 3.11. The Labute approximate surface area is 93.4 Å². The van der Waals surface area contributed by atoms with Gasteiger partial charge in [0.2, 0.25) is 0 Å². The molecule has 15 heavy (non-hydrogen) atoms. The first-order valence-electron chi connectivity index (χ1n) is 4.52. The zero-order valence-corrected chi connectivity index (χ0v) is 9.17. The number of aryl methyl sites for hydroxylation is 1. The van der Waals surface area contributed by atoms with Gasteiger partial charge in [0.1, 0.15) is 12.4 Å². The number of nitrogens with one attached hydrogen (secondary N) is 1. The average molecular weight is 229 g/mol. The van der Waals surface area contributed by atoms with E-state index in [4.69, 9.17) is 22.1 Å². The molecule has 3 N–H and O–H groups in total. The van der Waals surface area contributed by atoms with Gasteiger partial charge in [-0.25, -0.2) is 4.79 Å². The quantitative estimate of drug-likeness (QED) is 0.771. The normalized spacial score (nSPS) is 9.73. The molecule has 0 atom stereocenters. The van der Waals surface area contributed by atoms with E-state index in [1.807, 2.05) is 13.0 Å². The number of rotatable bonds is 4. The Morgan fingerprint density at radius 3 is 2.93 bits per heavy atom. The summed E-state index contributed by atoms with van der Waals surface area (Å²) in [5.74, 6) is 0.755. The first-order valence-corrected chi connectivity index (χ1v) is 4.89. The van der Waals surface area contributed by atoms with E-state index in [2.05, 4.69) is 5.32 Å². The number of ether oxygens (including phenoxy) is 1. The largest absolute Gasteiger partial charge is 0.491 e. The van der Waals surface area contributed by atoms with Crippen LogP contribution in [-0.4, -0.2) is 19.2 Å². The van der Waals surface area contributed by atoms with Gasteiger partial charge in [0.25, 0.3) is 0 Å². The molecule has 1 aromatic rings. The van der Waals surface area contributed by atoms with Gasteiger partial charge >= 0.3 is 6.03 Å². The predicted molar refractivity (Wildman–Crippen MR) is 59.3 cm³/mol. The Kier molecular flexibility index (Phi) is 4.24. The van der Waals surface area contributed by atoms with Gasteiger partial charge < -0.3 is 15.8 Å². The summed E-state index contributed by atoms with van der Waals surface area (Å²) >= 11 is 5.79. The maximum atomic E-state index is 10.4. The van der Waals surface area contributed by atoms with Crippen molar-refractivity contribution >= 4 is 17.6 Å². The molecular formula is C10H13ClN2O2.